The Bertz CT molecular complexity index is 729. The molecule has 3 aromatic rings. The average molecular weight is 278 g/mol. The molecule has 0 unspecified atom stereocenters. The predicted molar refractivity (Wildman–Crippen MR) is 63.9 cm³/mol. The van der Waals surface area contributed by atoms with Crippen LogP contribution < -0.4 is 5.43 Å². The Labute approximate surface area is 97.8 Å². The molecule has 5 heteroatoms. The summed E-state index contributed by atoms with van der Waals surface area (Å²) in [6.07, 6.45) is 1.83. The van der Waals surface area contributed by atoms with E-state index in [2.05, 4.69) is 19.4 Å². The Balaban J connectivity index is 2.65. The number of hydrogen-bond acceptors (Lipinski definition) is 3. The van der Waals surface area contributed by atoms with Crippen LogP contribution in [0, 0.1) is 0 Å². The molecule has 0 atom stereocenters. The first kappa shape index (κ1) is 9.75. The summed E-state index contributed by atoms with van der Waals surface area (Å²) in [5.74, 6) is 0. The van der Waals surface area contributed by atoms with Crippen molar-refractivity contribution in [3.05, 3.63) is 34.6 Å². The fourth-order valence-corrected chi connectivity index (χ4v) is 3.04. The molecule has 0 aliphatic rings. The Kier molecular flexibility index (Phi) is 2.16. The minimum absolute atomic E-state index is 0.0529. The normalized spacial score (nSPS) is 11.3. The van der Waals surface area contributed by atoms with Crippen molar-refractivity contribution in [2.75, 3.05) is 0 Å². The molecule has 0 bridgehead atoms. The zero-order valence-electron chi connectivity index (χ0n) is 8.67. The van der Waals surface area contributed by atoms with Crippen LogP contribution in [0.1, 0.15) is 6.92 Å². The van der Waals surface area contributed by atoms with Crippen molar-refractivity contribution < 1.29 is 0 Å². The molecule has 2 aromatic heterocycles. The minimum atomic E-state index is -0.0545. The van der Waals surface area contributed by atoms with Gasteiger partial charge in [-0.3, -0.25) is 0 Å². The molecule has 1 aromatic carbocycles. The summed E-state index contributed by atoms with van der Waals surface area (Å²) in [5, 5.41) is 0.736. The van der Waals surface area contributed by atoms with E-state index in [0.29, 0.717) is 0 Å². The summed E-state index contributed by atoms with van der Waals surface area (Å²) in [7, 11) is 0. The van der Waals surface area contributed by atoms with Crippen LogP contribution in [0.3, 0.4) is 0 Å². The Morgan fingerprint density at radius 1 is 1.31 bits per heavy atom. The van der Waals surface area contributed by atoms with Gasteiger partial charge in [-0.1, -0.05) is 0 Å². The van der Waals surface area contributed by atoms with Crippen molar-refractivity contribution in [3.63, 3.8) is 0 Å². The van der Waals surface area contributed by atoms with E-state index >= 15 is 0 Å². The SMILES string of the molecule is CCn1ccc(=O)c2ccc3n[se]nc3c21. The molecule has 0 spiro atoms. The van der Waals surface area contributed by atoms with Crippen molar-refractivity contribution in [2.24, 2.45) is 0 Å². The number of pyridine rings is 1. The van der Waals surface area contributed by atoms with Crippen LogP contribution in [0.4, 0.5) is 0 Å². The first-order chi connectivity index (χ1) is 7.81. The van der Waals surface area contributed by atoms with Crippen LogP contribution in [0.25, 0.3) is 21.9 Å². The molecule has 4 nitrogen and oxygen atoms in total. The maximum absolute atomic E-state index is 11.8. The van der Waals surface area contributed by atoms with E-state index in [4.69, 9.17) is 0 Å². The molecular weight excluding hydrogens is 269 g/mol. The fourth-order valence-electron chi connectivity index (χ4n) is 1.91. The first-order valence-electron chi connectivity index (χ1n) is 5.05. The number of fused-ring (bicyclic) bond motifs is 3. The van der Waals surface area contributed by atoms with Crippen LogP contribution in [0.2, 0.25) is 0 Å². The van der Waals surface area contributed by atoms with Crippen molar-refractivity contribution in [3.8, 4) is 0 Å². The molecular formula is C11H9N3OSe. The topological polar surface area (TPSA) is 47.8 Å². The van der Waals surface area contributed by atoms with E-state index in [1.165, 1.54) is 0 Å². The van der Waals surface area contributed by atoms with Gasteiger partial charge in [0.2, 0.25) is 0 Å². The van der Waals surface area contributed by atoms with Gasteiger partial charge in [-0.15, -0.1) is 0 Å². The summed E-state index contributed by atoms with van der Waals surface area (Å²) in [6, 6.07) is 5.34. The molecule has 2 heterocycles. The van der Waals surface area contributed by atoms with Gasteiger partial charge in [-0.05, 0) is 0 Å². The van der Waals surface area contributed by atoms with Gasteiger partial charge in [0.25, 0.3) is 0 Å². The summed E-state index contributed by atoms with van der Waals surface area (Å²) in [5.41, 5.74) is 2.78. The molecule has 0 fully saturated rings. The third kappa shape index (κ3) is 1.25. The van der Waals surface area contributed by atoms with Gasteiger partial charge in [0, 0.05) is 0 Å². The second-order valence-corrected chi connectivity index (χ2v) is 4.67. The monoisotopic (exact) mass is 279 g/mol. The summed E-state index contributed by atoms with van der Waals surface area (Å²) < 4.78 is 10.8. The maximum atomic E-state index is 11.8. The van der Waals surface area contributed by atoms with Crippen LogP contribution >= 0.6 is 0 Å². The second-order valence-electron chi connectivity index (χ2n) is 3.56. The Morgan fingerprint density at radius 3 is 3.00 bits per heavy atom. The van der Waals surface area contributed by atoms with Crippen LogP contribution in [-0.4, -0.2) is 27.5 Å². The number of benzene rings is 1. The molecule has 16 heavy (non-hydrogen) atoms. The standard InChI is InChI=1S/C11H9N3OSe/c1-2-14-6-5-9(15)7-3-4-8-10(11(7)14)13-16-12-8/h3-6H,2H2,1H3. The Hall–Kier alpha value is -1.45. The van der Waals surface area contributed by atoms with E-state index in [9.17, 15) is 4.79 Å². The molecule has 3 rings (SSSR count). The molecule has 0 aliphatic heterocycles. The molecule has 0 saturated heterocycles. The third-order valence-electron chi connectivity index (χ3n) is 2.70. The van der Waals surface area contributed by atoms with Gasteiger partial charge in [0.1, 0.15) is 0 Å². The van der Waals surface area contributed by atoms with Crippen molar-refractivity contribution in [1.29, 1.82) is 0 Å². The van der Waals surface area contributed by atoms with Gasteiger partial charge in [-0.2, -0.15) is 0 Å². The van der Waals surface area contributed by atoms with Crippen molar-refractivity contribution >= 4 is 36.9 Å². The number of aryl methyl sites for hydroxylation is 1. The quantitative estimate of drug-likeness (QED) is 0.624. The van der Waals surface area contributed by atoms with Crippen LogP contribution in [-0.2, 0) is 6.54 Å². The van der Waals surface area contributed by atoms with E-state index in [-0.39, 0.29) is 20.4 Å². The van der Waals surface area contributed by atoms with Gasteiger partial charge >= 0.3 is 97.5 Å². The van der Waals surface area contributed by atoms with Gasteiger partial charge < -0.3 is 0 Å². The molecule has 0 N–H and O–H groups in total. The summed E-state index contributed by atoms with van der Waals surface area (Å²) in [6.45, 7) is 2.89. The number of aromatic nitrogens is 3. The predicted octanol–water partition coefficient (Wildman–Crippen LogP) is 1.02. The van der Waals surface area contributed by atoms with Crippen molar-refractivity contribution in [1.82, 2.24) is 12.5 Å². The number of nitrogens with zero attached hydrogens (tertiary/aromatic N) is 3. The van der Waals surface area contributed by atoms with E-state index in [1.807, 2.05) is 18.3 Å². The second kappa shape index (κ2) is 3.54. The van der Waals surface area contributed by atoms with Gasteiger partial charge in [-0.25, -0.2) is 0 Å². The average Bonchev–Trinajstić information content (AvgIpc) is 2.77. The molecule has 80 valence electrons. The Morgan fingerprint density at radius 2 is 2.19 bits per heavy atom. The molecule has 0 aliphatic carbocycles. The number of hydrogen-bond donors (Lipinski definition) is 0. The number of rotatable bonds is 1. The van der Waals surface area contributed by atoms with Gasteiger partial charge in [0.05, 0.1) is 0 Å². The first-order valence-corrected chi connectivity index (χ1v) is 6.59. The van der Waals surface area contributed by atoms with E-state index in [1.54, 1.807) is 6.07 Å². The molecule has 0 radical (unpaired) electrons. The molecule has 0 amide bonds. The summed E-state index contributed by atoms with van der Waals surface area (Å²) >= 11 is -0.0545. The zero-order valence-corrected chi connectivity index (χ0v) is 10.4. The zero-order chi connectivity index (χ0) is 11.1. The molecule has 0 saturated carbocycles. The summed E-state index contributed by atoms with van der Waals surface area (Å²) in [4.78, 5) is 11.8. The van der Waals surface area contributed by atoms with Crippen LogP contribution in [0.5, 0.6) is 0 Å². The van der Waals surface area contributed by atoms with Crippen molar-refractivity contribution in [2.45, 2.75) is 13.5 Å². The van der Waals surface area contributed by atoms with E-state index in [0.717, 1.165) is 28.5 Å². The van der Waals surface area contributed by atoms with Gasteiger partial charge in [0.15, 0.2) is 0 Å². The fraction of sp³-hybridized carbons (Fsp3) is 0.182. The van der Waals surface area contributed by atoms with Crippen LogP contribution in [0.15, 0.2) is 29.2 Å². The third-order valence-corrected chi connectivity index (χ3v) is 3.84. The van der Waals surface area contributed by atoms with E-state index < -0.39 is 0 Å².